The van der Waals surface area contributed by atoms with Gasteiger partial charge in [-0.25, -0.2) is 10.9 Å². The van der Waals surface area contributed by atoms with Crippen LogP contribution in [0.4, 0.5) is 0 Å². The number of phenolic OH excluding ortho intramolecular Hbond substituents is 1. The lowest BCUT2D eigenvalue weighted by atomic mass is 9.83. The van der Waals surface area contributed by atoms with E-state index in [4.69, 9.17) is 27.9 Å². The van der Waals surface area contributed by atoms with E-state index < -0.39 is 6.04 Å². The summed E-state index contributed by atoms with van der Waals surface area (Å²) in [7, 11) is 1.65. The zero-order valence-electron chi connectivity index (χ0n) is 15.9. The number of nitrogens with zero attached hydrogens (tertiary/aromatic N) is 1. The third-order valence-corrected chi connectivity index (χ3v) is 6.46. The van der Waals surface area contributed by atoms with Crippen molar-refractivity contribution in [2.45, 2.75) is 24.5 Å². The molecule has 4 rings (SSSR count). The molecule has 2 aliphatic heterocycles. The fraction of sp³-hybridized carbons (Fsp3) is 0.381. The lowest BCUT2D eigenvalue weighted by Crippen LogP contribution is -2.41. The molecule has 0 bridgehead atoms. The fourth-order valence-corrected chi connectivity index (χ4v) is 4.75. The minimum absolute atomic E-state index is 0.0209. The summed E-state index contributed by atoms with van der Waals surface area (Å²) in [6.45, 7) is 1.14. The Morgan fingerprint density at radius 3 is 2.59 bits per heavy atom. The molecular formula is C21H23Cl2N3O3. The second kappa shape index (κ2) is 8.50. The smallest absolute Gasteiger partial charge is 0.242 e. The third-order valence-electron chi connectivity index (χ3n) is 5.72. The lowest BCUT2D eigenvalue weighted by molar-refractivity contribution is -0.131. The van der Waals surface area contributed by atoms with Gasteiger partial charge in [-0.2, -0.15) is 0 Å². The maximum absolute atomic E-state index is 13.2. The number of methoxy groups -OCH3 is 1. The number of hydrogen-bond acceptors (Lipinski definition) is 5. The molecule has 0 spiro atoms. The van der Waals surface area contributed by atoms with Crippen molar-refractivity contribution in [3.05, 3.63) is 63.6 Å². The minimum atomic E-state index is -0.401. The topological polar surface area (TPSA) is 73.8 Å². The Kier molecular flexibility index (Phi) is 5.99. The molecule has 6 nitrogen and oxygen atoms in total. The van der Waals surface area contributed by atoms with Gasteiger partial charge >= 0.3 is 0 Å². The molecule has 0 aliphatic carbocycles. The van der Waals surface area contributed by atoms with E-state index in [0.29, 0.717) is 23.2 Å². The average Bonchev–Trinajstić information content (AvgIpc) is 3.24. The molecule has 0 saturated carbocycles. The number of ether oxygens (including phenoxy) is 1. The molecule has 0 aromatic heterocycles. The zero-order valence-corrected chi connectivity index (χ0v) is 17.5. The van der Waals surface area contributed by atoms with Gasteiger partial charge in [-0.3, -0.25) is 4.79 Å². The number of nitrogens with one attached hydrogen (secondary N) is 2. The van der Waals surface area contributed by atoms with Crippen LogP contribution in [0.3, 0.4) is 0 Å². The minimum Gasteiger partial charge on any atom is -0.508 e. The molecule has 4 atom stereocenters. The van der Waals surface area contributed by atoms with Gasteiger partial charge in [0.2, 0.25) is 5.91 Å². The summed E-state index contributed by atoms with van der Waals surface area (Å²) < 4.78 is 5.18. The molecule has 29 heavy (non-hydrogen) atoms. The second-order valence-corrected chi connectivity index (χ2v) is 8.19. The van der Waals surface area contributed by atoms with E-state index in [0.717, 1.165) is 17.5 Å². The first-order chi connectivity index (χ1) is 14.0. The largest absolute Gasteiger partial charge is 0.508 e. The summed E-state index contributed by atoms with van der Waals surface area (Å²) >= 11 is 12.4. The number of likely N-dealkylation sites (tertiary alicyclic amines) is 1. The van der Waals surface area contributed by atoms with Crippen LogP contribution < -0.4 is 10.9 Å². The molecule has 0 radical (unpaired) electrons. The maximum Gasteiger partial charge on any atom is 0.242 e. The van der Waals surface area contributed by atoms with Crippen LogP contribution in [0.1, 0.15) is 29.6 Å². The van der Waals surface area contributed by atoms with Crippen molar-refractivity contribution in [3.63, 3.8) is 0 Å². The Morgan fingerprint density at radius 1 is 1.10 bits per heavy atom. The molecule has 1 amide bonds. The number of carbonyl (C=O) groups is 1. The van der Waals surface area contributed by atoms with Crippen LogP contribution in [0.5, 0.6) is 5.75 Å². The van der Waals surface area contributed by atoms with E-state index in [2.05, 4.69) is 10.9 Å². The van der Waals surface area contributed by atoms with Crippen LogP contribution in [0, 0.1) is 5.92 Å². The highest BCUT2D eigenvalue weighted by Crippen LogP contribution is 2.49. The summed E-state index contributed by atoms with van der Waals surface area (Å²) in [5, 5.41) is 11.3. The van der Waals surface area contributed by atoms with Crippen molar-refractivity contribution in [2.24, 2.45) is 5.92 Å². The highest BCUT2D eigenvalue weighted by atomic mass is 35.5. The Hall–Kier alpha value is -1.83. The van der Waals surface area contributed by atoms with E-state index in [-0.39, 0.29) is 29.7 Å². The molecule has 2 aliphatic rings. The standard InChI is InChI=1S/C21H23Cl2N3O3/c1-29-10-4-9-26-20(12-7-8-14(22)15(23)11-12)17-18(24-25-19(17)21(26)28)13-5-2-3-6-16(13)27/h2-3,5-8,11,17-20,24-25,27H,4,9-10H2,1H3. The Morgan fingerprint density at radius 2 is 1.86 bits per heavy atom. The van der Waals surface area contributed by atoms with Crippen LogP contribution in [0.25, 0.3) is 0 Å². The van der Waals surface area contributed by atoms with Gasteiger partial charge in [0, 0.05) is 31.7 Å². The molecule has 8 heteroatoms. The summed E-state index contributed by atoms with van der Waals surface area (Å²) in [6.07, 6.45) is 0.730. The van der Waals surface area contributed by atoms with Crippen LogP contribution in [-0.4, -0.2) is 42.2 Å². The molecule has 2 aromatic carbocycles. The average molecular weight is 436 g/mol. The van der Waals surface area contributed by atoms with E-state index in [1.54, 1.807) is 25.3 Å². The predicted octanol–water partition coefficient (Wildman–Crippen LogP) is 3.45. The predicted molar refractivity (Wildman–Crippen MR) is 112 cm³/mol. The van der Waals surface area contributed by atoms with Gasteiger partial charge in [0.1, 0.15) is 11.8 Å². The van der Waals surface area contributed by atoms with Gasteiger partial charge in [-0.15, -0.1) is 0 Å². The molecule has 2 fully saturated rings. The number of phenols is 1. The Bertz CT molecular complexity index is 910. The first kappa shape index (κ1) is 20.4. The van der Waals surface area contributed by atoms with Crippen molar-refractivity contribution in [3.8, 4) is 5.75 Å². The number of benzene rings is 2. The lowest BCUT2D eigenvalue weighted by Gasteiger charge is -2.31. The number of aromatic hydroxyl groups is 1. The number of para-hydroxylation sites is 1. The maximum atomic E-state index is 13.2. The van der Waals surface area contributed by atoms with E-state index >= 15 is 0 Å². The number of halogens is 2. The van der Waals surface area contributed by atoms with Gasteiger partial charge in [-0.1, -0.05) is 47.5 Å². The Balaban J connectivity index is 1.75. The molecular weight excluding hydrogens is 413 g/mol. The quantitative estimate of drug-likeness (QED) is 0.605. The highest BCUT2D eigenvalue weighted by Gasteiger charge is 2.55. The monoisotopic (exact) mass is 435 g/mol. The van der Waals surface area contributed by atoms with Crippen molar-refractivity contribution in [2.75, 3.05) is 20.3 Å². The van der Waals surface area contributed by atoms with Crippen LogP contribution in [-0.2, 0) is 9.53 Å². The summed E-state index contributed by atoms with van der Waals surface area (Å²) in [5.74, 6) is 0.0915. The molecule has 2 saturated heterocycles. The van der Waals surface area contributed by atoms with Gasteiger partial charge in [0.15, 0.2) is 0 Å². The van der Waals surface area contributed by atoms with Crippen LogP contribution >= 0.6 is 23.2 Å². The first-order valence-electron chi connectivity index (χ1n) is 9.56. The normalized spacial score (nSPS) is 26.2. The van der Waals surface area contributed by atoms with Gasteiger partial charge in [-0.05, 0) is 30.2 Å². The molecule has 2 aromatic rings. The van der Waals surface area contributed by atoms with E-state index in [9.17, 15) is 9.90 Å². The second-order valence-electron chi connectivity index (χ2n) is 7.38. The number of carbonyl (C=O) groups excluding carboxylic acids is 1. The highest BCUT2D eigenvalue weighted by molar-refractivity contribution is 6.42. The van der Waals surface area contributed by atoms with Gasteiger partial charge < -0.3 is 14.7 Å². The zero-order chi connectivity index (χ0) is 20.5. The number of fused-ring (bicyclic) bond motifs is 1. The number of hydrogen-bond donors (Lipinski definition) is 3. The fourth-order valence-electron chi connectivity index (χ4n) is 4.44. The van der Waals surface area contributed by atoms with Crippen molar-refractivity contribution in [1.29, 1.82) is 0 Å². The number of amides is 1. The molecule has 3 N–H and O–H groups in total. The molecule has 2 heterocycles. The Labute approximate surface area is 179 Å². The van der Waals surface area contributed by atoms with Gasteiger partial charge in [0.05, 0.1) is 22.1 Å². The molecule has 4 unspecified atom stereocenters. The number of hydrazine groups is 1. The van der Waals surface area contributed by atoms with Crippen LogP contribution in [0.2, 0.25) is 10.0 Å². The third kappa shape index (κ3) is 3.71. The first-order valence-corrected chi connectivity index (χ1v) is 10.3. The van der Waals surface area contributed by atoms with Crippen LogP contribution in [0.15, 0.2) is 42.5 Å². The van der Waals surface area contributed by atoms with Gasteiger partial charge in [0.25, 0.3) is 0 Å². The summed E-state index contributed by atoms with van der Waals surface area (Å²) in [6, 6.07) is 11.8. The van der Waals surface area contributed by atoms with E-state index in [1.165, 1.54) is 0 Å². The summed E-state index contributed by atoms with van der Waals surface area (Å²) in [4.78, 5) is 15.1. The van der Waals surface area contributed by atoms with Crippen molar-refractivity contribution >= 4 is 29.1 Å². The SMILES string of the molecule is COCCCN1C(=O)C2NNC(c3ccccc3O)C2C1c1ccc(Cl)c(Cl)c1. The van der Waals surface area contributed by atoms with Crippen molar-refractivity contribution < 1.29 is 14.6 Å². The summed E-state index contributed by atoms with van der Waals surface area (Å²) in [5.41, 5.74) is 8.04. The van der Waals surface area contributed by atoms with E-state index in [1.807, 2.05) is 29.2 Å². The number of rotatable bonds is 6. The molecule has 154 valence electrons. The van der Waals surface area contributed by atoms with Crippen molar-refractivity contribution in [1.82, 2.24) is 15.8 Å².